The van der Waals surface area contributed by atoms with Crippen LogP contribution in [-0.4, -0.2) is 11.5 Å². The quantitative estimate of drug-likeness (QED) is 0.776. The number of nitrogens with one attached hydrogen (secondary N) is 1. The van der Waals surface area contributed by atoms with Crippen LogP contribution in [0.25, 0.3) is 0 Å². The SMILES string of the molecule is C=C(C)C(NCCC)c1sc(C)nc1C. The smallest absolute Gasteiger partial charge is 0.0900 e. The van der Waals surface area contributed by atoms with Crippen molar-refractivity contribution in [2.24, 2.45) is 0 Å². The molecule has 0 saturated heterocycles. The first-order valence-electron chi connectivity index (χ1n) is 5.39. The highest BCUT2D eigenvalue weighted by molar-refractivity contribution is 7.11. The molecule has 0 aliphatic rings. The fourth-order valence-electron chi connectivity index (χ4n) is 1.59. The Labute approximate surface area is 96.4 Å². The van der Waals surface area contributed by atoms with Gasteiger partial charge in [0.1, 0.15) is 0 Å². The molecule has 0 fully saturated rings. The fraction of sp³-hybridized carbons (Fsp3) is 0.583. The number of aromatic nitrogens is 1. The number of aryl methyl sites for hydroxylation is 2. The summed E-state index contributed by atoms with van der Waals surface area (Å²) < 4.78 is 0. The van der Waals surface area contributed by atoms with Gasteiger partial charge in [-0.15, -0.1) is 11.3 Å². The molecule has 84 valence electrons. The molecule has 0 bridgehead atoms. The minimum absolute atomic E-state index is 0.274. The van der Waals surface area contributed by atoms with E-state index < -0.39 is 0 Å². The molecular formula is C12H20N2S. The largest absolute Gasteiger partial charge is 0.306 e. The number of hydrogen-bond donors (Lipinski definition) is 1. The summed E-state index contributed by atoms with van der Waals surface area (Å²) in [6, 6.07) is 0.274. The molecule has 15 heavy (non-hydrogen) atoms. The molecule has 0 aromatic carbocycles. The van der Waals surface area contributed by atoms with Gasteiger partial charge in [0.15, 0.2) is 0 Å². The zero-order chi connectivity index (χ0) is 11.4. The van der Waals surface area contributed by atoms with E-state index in [9.17, 15) is 0 Å². The summed E-state index contributed by atoms with van der Waals surface area (Å²) in [5.41, 5.74) is 2.30. The van der Waals surface area contributed by atoms with Crippen LogP contribution >= 0.6 is 11.3 Å². The van der Waals surface area contributed by atoms with E-state index >= 15 is 0 Å². The van der Waals surface area contributed by atoms with Crippen LogP contribution in [0.4, 0.5) is 0 Å². The van der Waals surface area contributed by atoms with Crippen molar-refractivity contribution in [2.75, 3.05) is 6.54 Å². The highest BCUT2D eigenvalue weighted by Gasteiger charge is 2.17. The molecular weight excluding hydrogens is 204 g/mol. The molecule has 0 spiro atoms. The summed E-state index contributed by atoms with van der Waals surface area (Å²) in [6.45, 7) is 13.4. The Balaban J connectivity index is 2.88. The van der Waals surface area contributed by atoms with E-state index in [1.54, 1.807) is 11.3 Å². The molecule has 1 N–H and O–H groups in total. The molecule has 0 radical (unpaired) electrons. The lowest BCUT2D eigenvalue weighted by Crippen LogP contribution is -2.22. The maximum absolute atomic E-state index is 4.46. The molecule has 2 nitrogen and oxygen atoms in total. The van der Waals surface area contributed by atoms with E-state index in [0.29, 0.717) is 0 Å². The van der Waals surface area contributed by atoms with Crippen LogP contribution in [0.1, 0.15) is 41.9 Å². The minimum atomic E-state index is 0.274. The molecule has 1 aromatic heterocycles. The second kappa shape index (κ2) is 5.42. The summed E-state index contributed by atoms with van der Waals surface area (Å²) >= 11 is 1.77. The third kappa shape index (κ3) is 3.14. The van der Waals surface area contributed by atoms with Crippen molar-refractivity contribution in [3.8, 4) is 0 Å². The number of hydrogen-bond acceptors (Lipinski definition) is 3. The first-order chi connectivity index (χ1) is 7.06. The van der Waals surface area contributed by atoms with Gasteiger partial charge in [-0.1, -0.05) is 19.1 Å². The molecule has 1 rings (SSSR count). The first kappa shape index (κ1) is 12.4. The van der Waals surface area contributed by atoms with Gasteiger partial charge in [0.25, 0.3) is 0 Å². The highest BCUT2D eigenvalue weighted by atomic mass is 32.1. The zero-order valence-electron chi connectivity index (χ0n) is 10.1. The van der Waals surface area contributed by atoms with E-state index in [4.69, 9.17) is 0 Å². The molecule has 3 heteroatoms. The molecule has 0 aliphatic carbocycles. The molecule has 0 aliphatic heterocycles. The summed E-state index contributed by atoms with van der Waals surface area (Å²) in [5.74, 6) is 0. The average Bonchev–Trinajstić information content (AvgIpc) is 2.46. The van der Waals surface area contributed by atoms with E-state index in [-0.39, 0.29) is 6.04 Å². The summed E-state index contributed by atoms with van der Waals surface area (Å²) in [7, 11) is 0. The van der Waals surface area contributed by atoms with Crippen LogP contribution < -0.4 is 5.32 Å². The molecule has 0 amide bonds. The van der Waals surface area contributed by atoms with Crippen molar-refractivity contribution in [3.05, 3.63) is 27.7 Å². The minimum Gasteiger partial charge on any atom is -0.306 e. The predicted octanol–water partition coefficient (Wildman–Crippen LogP) is 3.38. The van der Waals surface area contributed by atoms with Crippen molar-refractivity contribution in [1.29, 1.82) is 0 Å². The van der Waals surface area contributed by atoms with Crippen LogP contribution in [0.5, 0.6) is 0 Å². The molecule has 1 atom stereocenters. The van der Waals surface area contributed by atoms with Crippen molar-refractivity contribution in [2.45, 2.75) is 40.2 Å². The Morgan fingerprint density at radius 1 is 1.53 bits per heavy atom. The van der Waals surface area contributed by atoms with E-state index in [2.05, 4.69) is 44.6 Å². The number of thiazole rings is 1. The van der Waals surface area contributed by atoms with Gasteiger partial charge in [-0.25, -0.2) is 4.98 Å². The molecule has 1 aromatic rings. The summed E-state index contributed by atoms with van der Waals surface area (Å²) in [4.78, 5) is 5.77. The van der Waals surface area contributed by atoms with Crippen molar-refractivity contribution in [1.82, 2.24) is 10.3 Å². The monoisotopic (exact) mass is 224 g/mol. The Bertz CT molecular complexity index is 341. The van der Waals surface area contributed by atoms with E-state index in [0.717, 1.165) is 29.2 Å². The maximum atomic E-state index is 4.46. The first-order valence-corrected chi connectivity index (χ1v) is 6.20. The Hall–Kier alpha value is -0.670. The summed E-state index contributed by atoms with van der Waals surface area (Å²) in [5, 5.41) is 4.64. The third-order valence-electron chi connectivity index (χ3n) is 2.29. The predicted molar refractivity (Wildman–Crippen MR) is 67.4 cm³/mol. The number of rotatable bonds is 5. The lowest BCUT2D eigenvalue weighted by molar-refractivity contribution is 0.595. The van der Waals surface area contributed by atoms with E-state index in [1.165, 1.54) is 4.88 Å². The Kier molecular flexibility index (Phi) is 4.48. The van der Waals surface area contributed by atoms with Gasteiger partial charge in [0, 0.05) is 4.88 Å². The molecule has 1 heterocycles. The average molecular weight is 224 g/mol. The van der Waals surface area contributed by atoms with Gasteiger partial charge in [-0.2, -0.15) is 0 Å². The number of nitrogens with zero attached hydrogens (tertiary/aromatic N) is 1. The van der Waals surface area contributed by atoms with Crippen LogP contribution in [0.3, 0.4) is 0 Å². The van der Waals surface area contributed by atoms with Gasteiger partial charge in [0.05, 0.1) is 16.7 Å². The normalized spacial score (nSPS) is 12.8. The topological polar surface area (TPSA) is 24.9 Å². The highest BCUT2D eigenvalue weighted by Crippen LogP contribution is 2.28. The fourth-order valence-corrected chi connectivity index (χ4v) is 2.69. The molecule has 0 saturated carbocycles. The van der Waals surface area contributed by atoms with Crippen LogP contribution in [0, 0.1) is 13.8 Å². The van der Waals surface area contributed by atoms with Gasteiger partial charge < -0.3 is 5.32 Å². The zero-order valence-corrected chi connectivity index (χ0v) is 10.9. The van der Waals surface area contributed by atoms with Crippen molar-refractivity contribution < 1.29 is 0 Å². The Morgan fingerprint density at radius 3 is 2.60 bits per heavy atom. The van der Waals surface area contributed by atoms with Crippen molar-refractivity contribution in [3.63, 3.8) is 0 Å². The lowest BCUT2D eigenvalue weighted by atomic mass is 10.1. The maximum Gasteiger partial charge on any atom is 0.0900 e. The second-order valence-corrected chi connectivity index (χ2v) is 5.15. The van der Waals surface area contributed by atoms with Crippen LogP contribution in [0.15, 0.2) is 12.2 Å². The standard InChI is InChI=1S/C12H20N2S/c1-6-7-13-11(8(2)3)12-9(4)14-10(5)15-12/h11,13H,2,6-7H2,1,3-5H3. The van der Waals surface area contributed by atoms with Crippen LogP contribution in [-0.2, 0) is 0 Å². The van der Waals surface area contributed by atoms with Gasteiger partial charge in [0.2, 0.25) is 0 Å². The van der Waals surface area contributed by atoms with Crippen LogP contribution in [0.2, 0.25) is 0 Å². The van der Waals surface area contributed by atoms with Gasteiger partial charge in [-0.05, 0) is 33.7 Å². The summed E-state index contributed by atoms with van der Waals surface area (Å²) in [6.07, 6.45) is 1.14. The lowest BCUT2D eigenvalue weighted by Gasteiger charge is -2.17. The third-order valence-corrected chi connectivity index (χ3v) is 3.43. The molecule has 1 unspecified atom stereocenters. The van der Waals surface area contributed by atoms with Gasteiger partial charge >= 0.3 is 0 Å². The van der Waals surface area contributed by atoms with Gasteiger partial charge in [-0.3, -0.25) is 0 Å². The Morgan fingerprint density at radius 2 is 2.20 bits per heavy atom. The van der Waals surface area contributed by atoms with E-state index in [1.807, 2.05) is 0 Å². The van der Waals surface area contributed by atoms with Crippen molar-refractivity contribution >= 4 is 11.3 Å². The second-order valence-electron chi connectivity index (χ2n) is 3.92.